The topological polar surface area (TPSA) is 24.9 Å². The van der Waals surface area contributed by atoms with Crippen molar-refractivity contribution in [1.82, 2.24) is 4.98 Å². The van der Waals surface area contributed by atoms with Gasteiger partial charge in [-0.25, -0.2) is 4.98 Å². The van der Waals surface area contributed by atoms with Gasteiger partial charge in [0.15, 0.2) is 5.13 Å². The van der Waals surface area contributed by atoms with Crippen LogP contribution >= 0.6 is 11.3 Å². The summed E-state index contributed by atoms with van der Waals surface area (Å²) in [5.41, 5.74) is -0.194. The minimum absolute atomic E-state index is 0.114. The van der Waals surface area contributed by atoms with Crippen molar-refractivity contribution >= 4 is 16.5 Å². The molecule has 102 valence electrons. The van der Waals surface area contributed by atoms with Crippen LogP contribution in [0.5, 0.6) is 0 Å². The number of thiazole rings is 1. The molecule has 0 bridgehead atoms. The highest BCUT2D eigenvalue weighted by Crippen LogP contribution is 2.37. The molecule has 2 rings (SSSR count). The third kappa shape index (κ3) is 3.26. The summed E-state index contributed by atoms with van der Waals surface area (Å²) >= 11 is 1.30. The molecule has 2 nitrogen and oxygen atoms in total. The van der Waals surface area contributed by atoms with Crippen LogP contribution in [0.1, 0.15) is 19.4 Å². The zero-order valence-electron chi connectivity index (χ0n) is 10.5. The van der Waals surface area contributed by atoms with Gasteiger partial charge in [-0.2, -0.15) is 13.2 Å². The van der Waals surface area contributed by atoms with Crippen LogP contribution in [-0.4, -0.2) is 11.0 Å². The first-order valence-corrected chi connectivity index (χ1v) is 6.64. The number of nitrogens with one attached hydrogen (secondary N) is 1. The average Bonchev–Trinajstić information content (AvgIpc) is 2.75. The van der Waals surface area contributed by atoms with Crippen molar-refractivity contribution in [2.75, 3.05) is 5.32 Å². The molecule has 0 spiro atoms. The van der Waals surface area contributed by atoms with Gasteiger partial charge >= 0.3 is 6.18 Å². The van der Waals surface area contributed by atoms with Crippen LogP contribution in [0.2, 0.25) is 0 Å². The Balaban J connectivity index is 2.39. The van der Waals surface area contributed by atoms with Crippen molar-refractivity contribution in [2.45, 2.75) is 26.1 Å². The second-order valence-corrected chi connectivity index (χ2v) is 5.24. The van der Waals surface area contributed by atoms with Crippen LogP contribution in [0.15, 0.2) is 29.6 Å². The fourth-order valence-corrected chi connectivity index (χ4v) is 2.52. The zero-order valence-corrected chi connectivity index (χ0v) is 11.3. The van der Waals surface area contributed by atoms with E-state index in [-0.39, 0.29) is 11.6 Å². The highest BCUT2D eigenvalue weighted by atomic mass is 32.1. The smallest absolute Gasteiger partial charge is 0.359 e. The Morgan fingerprint density at radius 3 is 2.53 bits per heavy atom. The molecule has 0 aliphatic rings. The van der Waals surface area contributed by atoms with Gasteiger partial charge in [-0.05, 0) is 19.9 Å². The summed E-state index contributed by atoms with van der Waals surface area (Å²) < 4.78 is 38.7. The highest BCUT2D eigenvalue weighted by molar-refractivity contribution is 7.14. The van der Waals surface area contributed by atoms with Crippen molar-refractivity contribution in [2.24, 2.45) is 0 Å². The van der Waals surface area contributed by atoms with Gasteiger partial charge in [-0.15, -0.1) is 11.3 Å². The van der Waals surface area contributed by atoms with Crippen LogP contribution in [0.4, 0.5) is 18.3 Å². The molecular weight excluding hydrogens is 273 g/mol. The molecule has 1 N–H and O–H groups in total. The minimum Gasteiger partial charge on any atom is -0.359 e. The van der Waals surface area contributed by atoms with E-state index in [1.807, 2.05) is 13.8 Å². The van der Waals surface area contributed by atoms with E-state index in [9.17, 15) is 13.2 Å². The first-order chi connectivity index (χ1) is 8.88. The van der Waals surface area contributed by atoms with Gasteiger partial charge in [0.05, 0.1) is 11.3 Å². The number of alkyl halides is 3. The summed E-state index contributed by atoms with van der Waals surface area (Å²) in [5, 5.41) is 5.34. The lowest BCUT2D eigenvalue weighted by Gasteiger charge is -2.10. The molecule has 1 heterocycles. The number of nitrogens with zero attached hydrogens (tertiary/aromatic N) is 1. The van der Waals surface area contributed by atoms with Gasteiger partial charge in [-0.1, -0.05) is 18.2 Å². The summed E-state index contributed by atoms with van der Waals surface area (Å²) in [7, 11) is 0. The maximum atomic E-state index is 12.9. The maximum absolute atomic E-state index is 12.9. The predicted molar refractivity (Wildman–Crippen MR) is 71.3 cm³/mol. The van der Waals surface area contributed by atoms with Crippen molar-refractivity contribution in [3.63, 3.8) is 0 Å². The van der Waals surface area contributed by atoms with Gasteiger partial charge < -0.3 is 5.32 Å². The Morgan fingerprint density at radius 1 is 1.21 bits per heavy atom. The number of hydrogen-bond acceptors (Lipinski definition) is 3. The average molecular weight is 286 g/mol. The van der Waals surface area contributed by atoms with Gasteiger partial charge in [-0.3, -0.25) is 0 Å². The molecule has 0 amide bonds. The molecule has 2 aromatic rings. The summed E-state index contributed by atoms with van der Waals surface area (Å²) in [5.74, 6) is 0. The van der Waals surface area contributed by atoms with Crippen molar-refractivity contribution in [3.05, 3.63) is 35.2 Å². The number of hydrogen-bond donors (Lipinski definition) is 1. The molecule has 0 unspecified atom stereocenters. The Kier molecular flexibility index (Phi) is 3.80. The van der Waals surface area contributed by atoms with Crippen molar-refractivity contribution < 1.29 is 13.2 Å². The molecule has 0 saturated heterocycles. The van der Waals surface area contributed by atoms with Gasteiger partial charge in [0.2, 0.25) is 0 Å². The zero-order chi connectivity index (χ0) is 14.0. The lowest BCUT2D eigenvalue weighted by atomic mass is 10.1. The molecule has 0 atom stereocenters. The van der Waals surface area contributed by atoms with Crippen LogP contribution in [0.25, 0.3) is 11.3 Å². The predicted octanol–water partition coefficient (Wildman–Crippen LogP) is 4.65. The van der Waals surface area contributed by atoms with E-state index < -0.39 is 11.7 Å². The number of aromatic nitrogens is 1. The molecule has 1 aromatic heterocycles. The third-order valence-corrected chi connectivity index (χ3v) is 3.20. The normalized spacial score (nSPS) is 11.9. The van der Waals surface area contributed by atoms with Gasteiger partial charge in [0.1, 0.15) is 0 Å². The van der Waals surface area contributed by atoms with Crippen molar-refractivity contribution in [3.8, 4) is 11.3 Å². The van der Waals surface area contributed by atoms with E-state index in [1.165, 1.54) is 23.5 Å². The minimum atomic E-state index is -4.37. The van der Waals surface area contributed by atoms with E-state index in [4.69, 9.17) is 0 Å². The van der Waals surface area contributed by atoms with E-state index in [0.717, 1.165) is 6.07 Å². The number of benzene rings is 1. The molecule has 1 aromatic carbocycles. The maximum Gasteiger partial charge on any atom is 0.417 e. The molecule has 0 fully saturated rings. The van der Waals surface area contributed by atoms with Crippen LogP contribution < -0.4 is 5.32 Å². The molecular formula is C13H13F3N2S. The van der Waals surface area contributed by atoms with Gasteiger partial charge in [0, 0.05) is 17.0 Å². The van der Waals surface area contributed by atoms with E-state index >= 15 is 0 Å². The largest absolute Gasteiger partial charge is 0.417 e. The van der Waals surface area contributed by atoms with E-state index in [1.54, 1.807) is 11.4 Å². The lowest BCUT2D eigenvalue weighted by Crippen LogP contribution is -2.09. The SMILES string of the molecule is CC(C)Nc1nc(-c2ccccc2C(F)(F)F)cs1. The monoisotopic (exact) mass is 286 g/mol. The van der Waals surface area contributed by atoms with E-state index in [0.29, 0.717) is 10.8 Å². The summed E-state index contributed by atoms with van der Waals surface area (Å²) in [4.78, 5) is 4.20. The molecule has 19 heavy (non-hydrogen) atoms. The molecule has 6 heteroatoms. The first kappa shape index (κ1) is 13.9. The Labute approximate surface area is 113 Å². The number of rotatable bonds is 3. The Morgan fingerprint density at radius 2 is 1.89 bits per heavy atom. The van der Waals surface area contributed by atoms with Gasteiger partial charge in [0.25, 0.3) is 0 Å². The first-order valence-electron chi connectivity index (χ1n) is 5.76. The van der Waals surface area contributed by atoms with E-state index in [2.05, 4.69) is 10.3 Å². The van der Waals surface area contributed by atoms with Crippen LogP contribution in [-0.2, 0) is 6.18 Å². The number of anilines is 1. The second kappa shape index (κ2) is 5.21. The third-order valence-electron chi connectivity index (χ3n) is 2.42. The molecule has 0 aliphatic carbocycles. The quantitative estimate of drug-likeness (QED) is 0.888. The fraction of sp³-hybridized carbons (Fsp3) is 0.308. The standard InChI is InChI=1S/C13H13F3N2S/c1-8(2)17-12-18-11(7-19-12)9-5-3-4-6-10(9)13(14,15)16/h3-8H,1-2H3,(H,17,18). The summed E-state index contributed by atoms with van der Waals surface area (Å²) in [6, 6.07) is 5.67. The molecule has 0 aliphatic heterocycles. The summed E-state index contributed by atoms with van der Waals surface area (Å²) in [6.07, 6.45) is -4.37. The Bertz CT molecular complexity index is 561. The molecule has 0 radical (unpaired) electrons. The Hall–Kier alpha value is -1.56. The summed E-state index contributed by atoms with van der Waals surface area (Å²) in [6.45, 7) is 3.90. The number of halogens is 3. The highest BCUT2D eigenvalue weighted by Gasteiger charge is 2.33. The lowest BCUT2D eigenvalue weighted by molar-refractivity contribution is -0.137. The van der Waals surface area contributed by atoms with Crippen LogP contribution in [0.3, 0.4) is 0 Å². The van der Waals surface area contributed by atoms with Crippen LogP contribution in [0, 0.1) is 0 Å². The fourth-order valence-electron chi connectivity index (χ4n) is 1.66. The van der Waals surface area contributed by atoms with Crippen molar-refractivity contribution in [1.29, 1.82) is 0 Å². The second-order valence-electron chi connectivity index (χ2n) is 4.38. The molecule has 0 saturated carbocycles.